The molecule has 0 amide bonds. The van der Waals surface area contributed by atoms with Gasteiger partial charge in [0.05, 0.1) is 28.4 Å². The molecule has 0 saturated heterocycles. The second-order valence-electron chi connectivity index (χ2n) is 6.47. The highest BCUT2D eigenvalue weighted by Gasteiger charge is 2.22. The van der Waals surface area contributed by atoms with Crippen LogP contribution in [0.2, 0.25) is 0 Å². The average Bonchev–Trinajstić information content (AvgIpc) is 3.03. The summed E-state index contributed by atoms with van der Waals surface area (Å²) in [6, 6.07) is 6.74. The number of benzene rings is 2. The van der Waals surface area contributed by atoms with Gasteiger partial charge in [-0.2, -0.15) is 0 Å². The van der Waals surface area contributed by atoms with Crippen molar-refractivity contribution in [3.05, 3.63) is 35.4 Å². The second kappa shape index (κ2) is 7.87. The van der Waals surface area contributed by atoms with Crippen molar-refractivity contribution >= 4 is 0 Å². The molecule has 0 spiro atoms. The van der Waals surface area contributed by atoms with Gasteiger partial charge in [-0.3, -0.25) is 0 Å². The van der Waals surface area contributed by atoms with E-state index in [1.54, 1.807) is 24.3 Å². The van der Waals surface area contributed by atoms with Gasteiger partial charge in [0, 0.05) is 11.1 Å². The Kier molecular flexibility index (Phi) is 5.50. The molecule has 0 aliphatic rings. The summed E-state index contributed by atoms with van der Waals surface area (Å²) in [5.41, 5.74) is 3.23. The summed E-state index contributed by atoms with van der Waals surface area (Å²) in [4.78, 5) is 0. The van der Waals surface area contributed by atoms with Crippen molar-refractivity contribution in [1.29, 1.82) is 0 Å². The van der Waals surface area contributed by atoms with Crippen molar-refractivity contribution in [3.8, 4) is 57.1 Å². The van der Waals surface area contributed by atoms with Gasteiger partial charge in [0.15, 0.2) is 23.0 Å². The van der Waals surface area contributed by atoms with Gasteiger partial charge in [0.25, 0.3) is 0 Å². The molecule has 1 aromatic heterocycles. The number of phenols is 2. The Labute approximate surface area is 169 Å². The van der Waals surface area contributed by atoms with Crippen LogP contribution in [0.25, 0.3) is 22.6 Å². The first kappa shape index (κ1) is 20.3. The summed E-state index contributed by atoms with van der Waals surface area (Å²) in [5.74, 6) is 2.19. The lowest BCUT2D eigenvalue weighted by molar-refractivity contribution is 0.340. The number of phenolic OH excluding ortho intramolecular Hbond substituents is 2. The number of rotatable bonds is 6. The largest absolute Gasteiger partial charge is 0.502 e. The standard InChI is InChI=1S/C22H24O7/c1-11-12(2)22(14-9-17(27-5)20(24)18(10-14)28-6)29-21(11)13-7-15(25-3)19(23)16(8-13)26-4/h7-10,23-24H,1-6H3. The van der Waals surface area contributed by atoms with E-state index in [1.807, 2.05) is 13.8 Å². The number of methoxy groups -OCH3 is 4. The smallest absolute Gasteiger partial charge is 0.200 e. The fourth-order valence-electron chi connectivity index (χ4n) is 3.20. The number of hydrogen-bond acceptors (Lipinski definition) is 7. The first-order valence-electron chi connectivity index (χ1n) is 8.86. The SMILES string of the molecule is COc1cc(-c2oc(-c3cc(OC)c(O)c(OC)c3)c(C)c2C)cc(OC)c1O. The van der Waals surface area contributed by atoms with Crippen molar-refractivity contribution in [2.45, 2.75) is 13.8 Å². The highest BCUT2D eigenvalue weighted by Crippen LogP contribution is 2.46. The molecule has 154 valence electrons. The molecule has 7 heteroatoms. The molecular weight excluding hydrogens is 376 g/mol. The molecule has 0 radical (unpaired) electrons. The zero-order valence-corrected chi connectivity index (χ0v) is 17.2. The predicted octanol–water partition coefficient (Wildman–Crippen LogP) is 4.68. The van der Waals surface area contributed by atoms with Crippen molar-refractivity contribution < 1.29 is 33.6 Å². The van der Waals surface area contributed by atoms with Crippen LogP contribution in [-0.2, 0) is 0 Å². The van der Waals surface area contributed by atoms with E-state index in [-0.39, 0.29) is 34.5 Å². The molecule has 0 unspecified atom stereocenters. The summed E-state index contributed by atoms with van der Waals surface area (Å²) in [6.07, 6.45) is 0. The summed E-state index contributed by atoms with van der Waals surface area (Å²) < 4.78 is 27.2. The maximum Gasteiger partial charge on any atom is 0.200 e. The van der Waals surface area contributed by atoms with Crippen LogP contribution < -0.4 is 18.9 Å². The molecule has 0 atom stereocenters. The lowest BCUT2D eigenvalue weighted by Crippen LogP contribution is -1.90. The number of aromatic hydroxyl groups is 2. The van der Waals surface area contributed by atoms with E-state index in [1.165, 1.54) is 28.4 Å². The first-order chi connectivity index (χ1) is 13.9. The third-order valence-corrected chi connectivity index (χ3v) is 4.93. The minimum atomic E-state index is -0.0760. The van der Waals surface area contributed by atoms with Crippen molar-refractivity contribution in [3.63, 3.8) is 0 Å². The maximum atomic E-state index is 10.2. The van der Waals surface area contributed by atoms with Crippen LogP contribution in [0.1, 0.15) is 11.1 Å². The molecule has 1 heterocycles. The van der Waals surface area contributed by atoms with Gasteiger partial charge in [-0.1, -0.05) is 0 Å². The summed E-state index contributed by atoms with van der Waals surface area (Å²) >= 11 is 0. The van der Waals surface area contributed by atoms with Crippen molar-refractivity contribution in [2.24, 2.45) is 0 Å². The molecule has 3 aromatic rings. The summed E-state index contributed by atoms with van der Waals surface area (Å²) in [6.45, 7) is 3.89. The first-order valence-corrected chi connectivity index (χ1v) is 8.86. The van der Waals surface area contributed by atoms with Gasteiger partial charge in [0.2, 0.25) is 11.5 Å². The third kappa shape index (κ3) is 3.40. The highest BCUT2D eigenvalue weighted by molar-refractivity contribution is 5.77. The van der Waals surface area contributed by atoms with E-state index in [0.29, 0.717) is 22.6 Å². The van der Waals surface area contributed by atoms with Crippen LogP contribution in [-0.4, -0.2) is 38.7 Å². The molecule has 3 rings (SSSR count). The third-order valence-electron chi connectivity index (χ3n) is 4.93. The van der Waals surface area contributed by atoms with Gasteiger partial charge in [0.1, 0.15) is 11.5 Å². The molecule has 0 fully saturated rings. The summed E-state index contributed by atoms with van der Waals surface area (Å²) in [5, 5.41) is 20.4. The van der Waals surface area contributed by atoms with E-state index in [2.05, 4.69) is 0 Å². The Morgan fingerprint density at radius 2 is 0.862 bits per heavy atom. The summed E-state index contributed by atoms with van der Waals surface area (Å²) in [7, 11) is 5.88. The molecule has 0 aliphatic carbocycles. The van der Waals surface area contributed by atoms with Crippen molar-refractivity contribution in [1.82, 2.24) is 0 Å². The van der Waals surface area contributed by atoms with Crippen LogP contribution in [0.15, 0.2) is 28.7 Å². The maximum absolute atomic E-state index is 10.2. The van der Waals surface area contributed by atoms with Crippen molar-refractivity contribution in [2.75, 3.05) is 28.4 Å². The van der Waals surface area contributed by atoms with Crippen LogP contribution in [0, 0.1) is 13.8 Å². The zero-order chi connectivity index (χ0) is 21.3. The average molecular weight is 400 g/mol. The quantitative estimate of drug-likeness (QED) is 0.621. The Bertz CT molecular complexity index is 918. The van der Waals surface area contributed by atoms with Gasteiger partial charge < -0.3 is 33.6 Å². The monoisotopic (exact) mass is 400 g/mol. The number of ether oxygens (including phenoxy) is 4. The Morgan fingerprint density at radius 1 is 0.586 bits per heavy atom. The van der Waals surface area contributed by atoms with E-state index in [0.717, 1.165) is 11.1 Å². The topological polar surface area (TPSA) is 90.5 Å². The fraction of sp³-hybridized carbons (Fsp3) is 0.273. The number of furan rings is 1. The predicted molar refractivity (Wildman–Crippen MR) is 109 cm³/mol. The second-order valence-corrected chi connectivity index (χ2v) is 6.47. The minimum absolute atomic E-state index is 0.0760. The molecule has 2 aromatic carbocycles. The lowest BCUT2D eigenvalue weighted by atomic mass is 10.0. The van der Waals surface area contributed by atoms with Gasteiger partial charge in [-0.25, -0.2) is 0 Å². The van der Waals surface area contributed by atoms with Crippen LogP contribution in [0.3, 0.4) is 0 Å². The van der Waals surface area contributed by atoms with E-state index < -0.39 is 0 Å². The normalized spacial score (nSPS) is 10.7. The minimum Gasteiger partial charge on any atom is -0.502 e. The number of hydrogen-bond donors (Lipinski definition) is 2. The van der Waals surface area contributed by atoms with Crippen LogP contribution in [0.4, 0.5) is 0 Å². The van der Waals surface area contributed by atoms with Gasteiger partial charge in [-0.05, 0) is 49.2 Å². The fourth-order valence-corrected chi connectivity index (χ4v) is 3.20. The Morgan fingerprint density at radius 3 is 1.10 bits per heavy atom. The van der Waals surface area contributed by atoms with E-state index in [9.17, 15) is 10.2 Å². The molecule has 0 aliphatic heterocycles. The molecular formula is C22H24O7. The van der Waals surface area contributed by atoms with Gasteiger partial charge in [-0.15, -0.1) is 0 Å². The van der Waals surface area contributed by atoms with Gasteiger partial charge >= 0.3 is 0 Å². The molecule has 2 N–H and O–H groups in total. The molecule has 29 heavy (non-hydrogen) atoms. The Hall–Kier alpha value is -3.48. The molecule has 0 bridgehead atoms. The van der Waals surface area contributed by atoms with E-state index in [4.69, 9.17) is 23.4 Å². The molecule has 0 saturated carbocycles. The lowest BCUT2D eigenvalue weighted by Gasteiger charge is -2.11. The highest BCUT2D eigenvalue weighted by atomic mass is 16.5. The van der Waals surface area contributed by atoms with Crippen LogP contribution in [0.5, 0.6) is 34.5 Å². The van der Waals surface area contributed by atoms with E-state index >= 15 is 0 Å². The van der Waals surface area contributed by atoms with Crippen LogP contribution >= 0.6 is 0 Å². The Balaban J connectivity index is 2.20. The molecule has 7 nitrogen and oxygen atoms in total. The zero-order valence-electron chi connectivity index (χ0n) is 17.2.